The lowest BCUT2D eigenvalue weighted by molar-refractivity contribution is 0.146. The van der Waals surface area contributed by atoms with E-state index in [0.29, 0.717) is 31.1 Å². The lowest BCUT2D eigenvalue weighted by atomic mass is 10.1. The predicted molar refractivity (Wildman–Crippen MR) is 77.0 cm³/mol. The van der Waals surface area contributed by atoms with Crippen LogP contribution < -0.4 is 4.72 Å². The van der Waals surface area contributed by atoms with E-state index < -0.39 is 10.0 Å². The van der Waals surface area contributed by atoms with Crippen molar-refractivity contribution in [2.75, 3.05) is 19.8 Å². The molecule has 1 aromatic rings. The fourth-order valence-electron chi connectivity index (χ4n) is 2.19. The summed E-state index contributed by atoms with van der Waals surface area (Å²) in [5.41, 5.74) is 2.65. The molecule has 0 saturated carbocycles. The molecular weight excluding hydrogens is 262 g/mol. The highest BCUT2D eigenvalue weighted by Gasteiger charge is 2.18. The minimum atomic E-state index is -3.43. The zero-order valence-electron chi connectivity index (χ0n) is 12.1. The van der Waals surface area contributed by atoms with Crippen LogP contribution in [0, 0.1) is 20.8 Å². The fraction of sp³-hybridized carbons (Fsp3) is 0.571. The highest BCUT2D eigenvalue weighted by atomic mass is 32.2. The van der Waals surface area contributed by atoms with Crippen LogP contribution in [0.5, 0.6) is 0 Å². The van der Waals surface area contributed by atoms with Crippen molar-refractivity contribution in [1.29, 1.82) is 0 Å². The third-order valence-corrected chi connectivity index (χ3v) is 4.60. The molecule has 0 aromatic heterocycles. The monoisotopic (exact) mass is 285 g/mol. The molecule has 0 aliphatic rings. The molecule has 0 aliphatic heterocycles. The molecule has 5 heteroatoms. The molecule has 0 spiro atoms. The van der Waals surface area contributed by atoms with Gasteiger partial charge in [-0.05, 0) is 45.2 Å². The van der Waals surface area contributed by atoms with Crippen molar-refractivity contribution in [2.45, 2.75) is 39.0 Å². The summed E-state index contributed by atoms with van der Waals surface area (Å²) in [6.45, 7) is 9.17. The molecule has 19 heavy (non-hydrogen) atoms. The van der Waals surface area contributed by atoms with Gasteiger partial charge in [-0.2, -0.15) is 0 Å². The van der Waals surface area contributed by atoms with E-state index in [-0.39, 0.29) is 0 Å². The molecule has 0 fully saturated rings. The molecule has 0 amide bonds. The minimum absolute atomic E-state index is 0.398. The average Bonchev–Trinajstić information content (AvgIpc) is 2.26. The van der Waals surface area contributed by atoms with Crippen molar-refractivity contribution in [3.63, 3.8) is 0 Å². The van der Waals surface area contributed by atoms with Crippen molar-refractivity contribution in [1.82, 2.24) is 4.72 Å². The first-order valence-electron chi connectivity index (χ1n) is 6.53. The highest BCUT2D eigenvalue weighted by Crippen LogP contribution is 2.21. The smallest absolute Gasteiger partial charge is 0.241 e. The van der Waals surface area contributed by atoms with Gasteiger partial charge < -0.3 is 4.74 Å². The first-order chi connectivity index (χ1) is 8.88. The lowest BCUT2D eigenvalue weighted by Gasteiger charge is -2.13. The van der Waals surface area contributed by atoms with E-state index in [2.05, 4.69) is 4.72 Å². The fourth-order valence-corrected chi connectivity index (χ4v) is 3.71. The Morgan fingerprint density at radius 1 is 1.16 bits per heavy atom. The van der Waals surface area contributed by atoms with E-state index in [1.807, 2.05) is 39.8 Å². The number of hydrogen-bond acceptors (Lipinski definition) is 3. The number of benzene rings is 1. The summed E-state index contributed by atoms with van der Waals surface area (Å²) >= 11 is 0. The van der Waals surface area contributed by atoms with Crippen LogP contribution in [0.15, 0.2) is 17.0 Å². The molecule has 0 aliphatic carbocycles. The Balaban J connectivity index is 2.78. The van der Waals surface area contributed by atoms with E-state index in [1.54, 1.807) is 0 Å². The number of ether oxygens (including phenoxy) is 1. The maximum Gasteiger partial charge on any atom is 0.241 e. The van der Waals surface area contributed by atoms with Crippen LogP contribution >= 0.6 is 0 Å². The van der Waals surface area contributed by atoms with Crippen LogP contribution in [0.1, 0.15) is 30.0 Å². The van der Waals surface area contributed by atoms with Crippen molar-refractivity contribution in [3.8, 4) is 0 Å². The second-order valence-electron chi connectivity index (χ2n) is 4.68. The van der Waals surface area contributed by atoms with Crippen LogP contribution in [-0.2, 0) is 14.8 Å². The van der Waals surface area contributed by atoms with Gasteiger partial charge in [-0.15, -0.1) is 0 Å². The van der Waals surface area contributed by atoms with Crippen molar-refractivity contribution in [3.05, 3.63) is 28.8 Å². The van der Waals surface area contributed by atoms with E-state index in [1.165, 1.54) is 0 Å². The molecule has 4 nitrogen and oxygen atoms in total. The third kappa shape index (κ3) is 4.60. The van der Waals surface area contributed by atoms with E-state index >= 15 is 0 Å². The van der Waals surface area contributed by atoms with Gasteiger partial charge in [-0.1, -0.05) is 17.7 Å². The molecule has 1 N–H and O–H groups in total. The largest absolute Gasteiger partial charge is 0.382 e. The number of aryl methyl sites for hydroxylation is 3. The van der Waals surface area contributed by atoms with Crippen LogP contribution in [0.3, 0.4) is 0 Å². The van der Waals surface area contributed by atoms with Gasteiger partial charge in [0.2, 0.25) is 10.0 Å². The quantitative estimate of drug-likeness (QED) is 0.782. The Morgan fingerprint density at radius 2 is 1.74 bits per heavy atom. The van der Waals surface area contributed by atoms with Gasteiger partial charge in [-0.3, -0.25) is 0 Å². The second-order valence-corrected chi connectivity index (χ2v) is 6.38. The number of sulfonamides is 1. The molecule has 0 heterocycles. The normalized spacial score (nSPS) is 11.8. The number of rotatable bonds is 7. The Hall–Kier alpha value is -0.910. The van der Waals surface area contributed by atoms with Gasteiger partial charge in [-0.25, -0.2) is 13.1 Å². The summed E-state index contributed by atoms with van der Waals surface area (Å²) < 4.78 is 32.3. The summed E-state index contributed by atoms with van der Waals surface area (Å²) in [5, 5.41) is 0. The molecule has 0 bridgehead atoms. The third-order valence-electron chi connectivity index (χ3n) is 2.84. The number of hydrogen-bond donors (Lipinski definition) is 1. The zero-order valence-corrected chi connectivity index (χ0v) is 12.9. The number of nitrogens with one attached hydrogen (secondary N) is 1. The maximum atomic E-state index is 12.3. The Kier molecular flexibility index (Phi) is 5.97. The van der Waals surface area contributed by atoms with E-state index in [4.69, 9.17) is 4.74 Å². The SMILES string of the molecule is CCOCCCNS(=O)(=O)c1c(C)cc(C)cc1C. The van der Waals surface area contributed by atoms with Gasteiger partial charge in [0.1, 0.15) is 0 Å². The molecule has 0 saturated heterocycles. The lowest BCUT2D eigenvalue weighted by Crippen LogP contribution is -2.27. The maximum absolute atomic E-state index is 12.3. The second kappa shape index (κ2) is 7.03. The summed E-state index contributed by atoms with van der Waals surface area (Å²) in [6, 6.07) is 3.78. The van der Waals surface area contributed by atoms with E-state index in [0.717, 1.165) is 16.7 Å². The topological polar surface area (TPSA) is 55.4 Å². The zero-order chi connectivity index (χ0) is 14.5. The summed E-state index contributed by atoms with van der Waals surface area (Å²) in [6.07, 6.45) is 0.678. The van der Waals surface area contributed by atoms with Crippen LogP contribution in [-0.4, -0.2) is 28.2 Å². The molecule has 108 valence electrons. The van der Waals surface area contributed by atoms with Gasteiger partial charge in [0.05, 0.1) is 4.90 Å². The highest BCUT2D eigenvalue weighted by molar-refractivity contribution is 7.89. The molecule has 0 unspecified atom stereocenters. The van der Waals surface area contributed by atoms with Crippen LogP contribution in [0.4, 0.5) is 0 Å². The van der Waals surface area contributed by atoms with Gasteiger partial charge in [0, 0.05) is 19.8 Å². The molecule has 1 rings (SSSR count). The minimum Gasteiger partial charge on any atom is -0.382 e. The predicted octanol–water partition coefficient (Wildman–Crippen LogP) is 2.32. The average molecular weight is 285 g/mol. The van der Waals surface area contributed by atoms with Gasteiger partial charge >= 0.3 is 0 Å². The van der Waals surface area contributed by atoms with Crippen LogP contribution in [0.25, 0.3) is 0 Å². The molecule has 1 aromatic carbocycles. The Morgan fingerprint density at radius 3 is 2.26 bits per heavy atom. The summed E-state index contributed by atoms with van der Waals surface area (Å²) in [4.78, 5) is 0.398. The summed E-state index contributed by atoms with van der Waals surface area (Å²) in [7, 11) is -3.43. The van der Waals surface area contributed by atoms with Crippen molar-refractivity contribution >= 4 is 10.0 Å². The van der Waals surface area contributed by atoms with Gasteiger partial charge in [0.15, 0.2) is 0 Å². The van der Waals surface area contributed by atoms with Crippen molar-refractivity contribution in [2.24, 2.45) is 0 Å². The first kappa shape index (κ1) is 16.1. The summed E-state index contributed by atoms with van der Waals surface area (Å²) in [5.74, 6) is 0. The van der Waals surface area contributed by atoms with Gasteiger partial charge in [0.25, 0.3) is 0 Å². The molecular formula is C14H23NO3S. The van der Waals surface area contributed by atoms with E-state index in [9.17, 15) is 8.42 Å². The van der Waals surface area contributed by atoms with Crippen LogP contribution in [0.2, 0.25) is 0 Å². The standard InChI is InChI=1S/C14H23NO3S/c1-5-18-8-6-7-15-19(16,17)14-12(3)9-11(2)10-13(14)4/h9-10,15H,5-8H2,1-4H3. The Bertz CT molecular complexity index is 500. The molecule has 0 atom stereocenters. The van der Waals surface area contributed by atoms with Crippen molar-refractivity contribution < 1.29 is 13.2 Å². The first-order valence-corrected chi connectivity index (χ1v) is 8.02. The Labute approximate surface area is 116 Å². The molecule has 0 radical (unpaired) electrons.